The molecule has 0 fully saturated rings. The van der Waals surface area contributed by atoms with E-state index in [1.165, 1.54) is 0 Å². The summed E-state index contributed by atoms with van der Waals surface area (Å²) in [4.78, 5) is 12.1. The maximum absolute atomic E-state index is 12.1. The molecule has 3 nitrogen and oxygen atoms in total. The van der Waals surface area contributed by atoms with Crippen LogP contribution in [0.15, 0.2) is 54.9 Å². The van der Waals surface area contributed by atoms with Gasteiger partial charge < -0.3 is 10.6 Å². The SMILES string of the molecule is C=C(NC)N[C@@H](C(=O)C(=C)C)c1ccccc1. The Morgan fingerprint density at radius 2 is 1.82 bits per heavy atom. The third-order valence-electron chi connectivity index (χ3n) is 2.44. The predicted octanol–water partition coefficient (Wildman–Crippen LogP) is 2.15. The zero-order chi connectivity index (χ0) is 12.8. The van der Waals surface area contributed by atoms with Gasteiger partial charge >= 0.3 is 0 Å². The van der Waals surface area contributed by atoms with Gasteiger partial charge in [0, 0.05) is 7.05 Å². The summed E-state index contributed by atoms with van der Waals surface area (Å²) in [5.74, 6) is 0.570. The van der Waals surface area contributed by atoms with Gasteiger partial charge in [-0.2, -0.15) is 0 Å². The lowest BCUT2D eigenvalue weighted by Gasteiger charge is -2.20. The lowest BCUT2D eigenvalue weighted by atomic mass is 9.99. The van der Waals surface area contributed by atoms with Crippen LogP contribution < -0.4 is 10.6 Å². The second kappa shape index (κ2) is 5.89. The third-order valence-corrected chi connectivity index (χ3v) is 2.44. The largest absolute Gasteiger partial charge is 0.375 e. The standard InChI is InChI=1S/C14H18N2O/c1-10(2)14(17)13(16-11(3)15-4)12-8-6-5-7-9-12/h5-9,13,15-16H,1,3H2,2,4H3/t13-/m1/s1. The molecule has 17 heavy (non-hydrogen) atoms. The van der Waals surface area contributed by atoms with E-state index in [0.29, 0.717) is 11.4 Å². The Bertz CT molecular complexity index is 423. The summed E-state index contributed by atoms with van der Waals surface area (Å²) in [7, 11) is 1.75. The monoisotopic (exact) mass is 230 g/mol. The fraction of sp³-hybridized carbons (Fsp3) is 0.214. The maximum atomic E-state index is 12.1. The zero-order valence-electron chi connectivity index (χ0n) is 10.3. The molecular formula is C14H18N2O. The highest BCUT2D eigenvalue weighted by Crippen LogP contribution is 2.17. The average molecular weight is 230 g/mol. The van der Waals surface area contributed by atoms with E-state index in [1.807, 2.05) is 30.3 Å². The molecule has 0 radical (unpaired) electrons. The van der Waals surface area contributed by atoms with Crippen molar-refractivity contribution in [3.8, 4) is 0 Å². The molecule has 1 aromatic rings. The smallest absolute Gasteiger partial charge is 0.184 e. The first-order valence-electron chi connectivity index (χ1n) is 5.44. The number of benzene rings is 1. The first-order chi connectivity index (χ1) is 8.06. The predicted molar refractivity (Wildman–Crippen MR) is 70.3 cm³/mol. The van der Waals surface area contributed by atoms with E-state index in [9.17, 15) is 4.79 Å². The highest BCUT2D eigenvalue weighted by Gasteiger charge is 2.20. The van der Waals surface area contributed by atoms with Crippen LogP contribution in [0.2, 0.25) is 0 Å². The van der Waals surface area contributed by atoms with Crippen LogP contribution >= 0.6 is 0 Å². The summed E-state index contributed by atoms with van der Waals surface area (Å²) in [6, 6.07) is 9.09. The van der Waals surface area contributed by atoms with Gasteiger partial charge in [-0.1, -0.05) is 43.5 Å². The van der Waals surface area contributed by atoms with E-state index in [2.05, 4.69) is 23.8 Å². The minimum absolute atomic E-state index is 0.0346. The highest BCUT2D eigenvalue weighted by atomic mass is 16.1. The minimum atomic E-state index is -0.436. The molecule has 1 aromatic carbocycles. The topological polar surface area (TPSA) is 41.1 Å². The Morgan fingerprint density at radius 1 is 1.24 bits per heavy atom. The fourth-order valence-electron chi connectivity index (χ4n) is 1.44. The molecule has 90 valence electrons. The van der Waals surface area contributed by atoms with Crippen molar-refractivity contribution in [1.82, 2.24) is 10.6 Å². The Morgan fingerprint density at radius 3 is 2.29 bits per heavy atom. The van der Waals surface area contributed by atoms with E-state index in [-0.39, 0.29) is 5.78 Å². The van der Waals surface area contributed by atoms with Crippen molar-refractivity contribution >= 4 is 5.78 Å². The van der Waals surface area contributed by atoms with Gasteiger partial charge in [0.2, 0.25) is 0 Å². The lowest BCUT2D eigenvalue weighted by Crippen LogP contribution is -2.32. The van der Waals surface area contributed by atoms with Crippen molar-refractivity contribution < 1.29 is 4.79 Å². The molecule has 1 rings (SSSR count). The van der Waals surface area contributed by atoms with Crippen LogP contribution in [-0.2, 0) is 4.79 Å². The molecule has 0 aliphatic rings. The van der Waals surface area contributed by atoms with Crippen LogP contribution in [0.4, 0.5) is 0 Å². The number of Topliss-reactive ketones (excluding diaryl/α,β-unsaturated/α-hetero) is 1. The molecule has 0 aliphatic heterocycles. The molecule has 0 bridgehead atoms. The second-order valence-electron chi connectivity index (χ2n) is 3.86. The summed E-state index contributed by atoms with van der Waals surface area (Å²) in [5.41, 5.74) is 1.42. The normalized spacial score (nSPS) is 11.4. The first-order valence-corrected chi connectivity index (χ1v) is 5.44. The maximum Gasteiger partial charge on any atom is 0.184 e. The van der Waals surface area contributed by atoms with Gasteiger partial charge in [-0.3, -0.25) is 4.79 Å². The Hall–Kier alpha value is -2.03. The summed E-state index contributed by atoms with van der Waals surface area (Å²) < 4.78 is 0. The summed E-state index contributed by atoms with van der Waals surface area (Å²) in [6.07, 6.45) is 0. The quantitative estimate of drug-likeness (QED) is 0.736. The molecular weight excluding hydrogens is 212 g/mol. The molecule has 0 saturated heterocycles. The van der Waals surface area contributed by atoms with Crippen LogP contribution in [-0.4, -0.2) is 12.8 Å². The van der Waals surface area contributed by atoms with Gasteiger partial charge in [0.1, 0.15) is 6.04 Å². The van der Waals surface area contributed by atoms with E-state index < -0.39 is 6.04 Å². The van der Waals surface area contributed by atoms with Gasteiger partial charge in [-0.05, 0) is 18.1 Å². The Labute approximate surface area is 102 Å². The molecule has 0 amide bonds. The van der Waals surface area contributed by atoms with Crippen LogP contribution in [0.3, 0.4) is 0 Å². The first kappa shape index (κ1) is 13.0. The van der Waals surface area contributed by atoms with Gasteiger partial charge in [0.25, 0.3) is 0 Å². The van der Waals surface area contributed by atoms with Crippen molar-refractivity contribution in [2.24, 2.45) is 0 Å². The van der Waals surface area contributed by atoms with Crippen LogP contribution in [0.25, 0.3) is 0 Å². The number of hydrogen-bond acceptors (Lipinski definition) is 3. The fourth-order valence-corrected chi connectivity index (χ4v) is 1.44. The number of hydrogen-bond donors (Lipinski definition) is 2. The van der Waals surface area contributed by atoms with E-state index in [0.717, 1.165) is 5.56 Å². The molecule has 0 aliphatic carbocycles. The number of rotatable bonds is 6. The number of carbonyl (C=O) groups is 1. The van der Waals surface area contributed by atoms with Crippen LogP contribution in [0.5, 0.6) is 0 Å². The zero-order valence-corrected chi connectivity index (χ0v) is 10.3. The summed E-state index contributed by atoms with van der Waals surface area (Å²) in [6.45, 7) is 9.18. The highest BCUT2D eigenvalue weighted by molar-refractivity contribution is 5.99. The average Bonchev–Trinajstić information content (AvgIpc) is 2.35. The minimum Gasteiger partial charge on any atom is -0.375 e. The van der Waals surface area contributed by atoms with E-state index in [1.54, 1.807) is 14.0 Å². The van der Waals surface area contributed by atoms with Gasteiger partial charge in [-0.15, -0.1) is 0 Å². The molecule has 3 heteroatoms. The van der Waals surface area contributed by atoms with Crippen molar-refractivity contribution in [3.63, 3.8) is 0 Å². The molecule has 0 saturated carbocycles. The summed E-state index contributed by atoms with van der Waals surface area (Å²) in [5, 5.41) is 5.92. The van der Waals surface area contributed by atoms with Crippen molar-refractivity contribution in [1.29, 1.82) is 0 Å². The molecule has 0 aromatic heterocycles. The molecule has 2 N–H and O–H groups in total. The number of nitrogens with one attached hydrogen (secondary N) is 2. The number of ketones is 1. The molecule has 0 heterocycles. The van der Waals surface area contributed by atoms with Gasteiger partial charge in [0.05, 0.1) is 5.82 Å². The summed E-state index contributed by atoms with van der Waals surface area (Å²) >= 11 is 0. The van der Waals surface area contributed by atoms with Crippen LogP contribution in [0.1, 0.15) is 18.5 Å². The third kappa shape index (κ3) is 3.48. The van der Waals surface area contributed by atoms with Crippen molar-refractivity contribution in [2.45, 2.75) is 13.0 Å². The van der Waals surface area contributed by atoms with Crippen molar-refractivity contribution in [2.75, 3.05) is 7.05 Å². The number of carbonyl (C=O) groups excluding carboxylic acids is 1. The lowest BCUT2D eigenvalue weighted by molar-refractivity contribution is -0.117. The van der Waals surface area contributed by atoms with Gasteiger partial charge in [0.15, 0.2) is 5.78 Å². The van der Waals surface area contributed by atoms with Gasteiger partial charge in [-0.25, -0.2) is 0 Å². The molecule has 1 atom stereocenters. The molecule has 0 spiro atoms. The van der Waals surface area contributed by atoms with E-state index >= 15 is 0 Å². The van der Waals surface area contributed by atoms with Crippen molar-refractivity contribution in [3.05, 3.63) is 60.4 Å². The molecule has 0 unspecified atom stereocenters. The van der Waals surface area contributed by atoms with Crippen LogP contribution in [0, 0.1) is 0 Å². The Balaban J connectivity index is 2.98. The second-order valence-corrected chi connectivity index (χ2v) is 3.86. The Kier molecular flexibility index (Phi) is 4.52. The van der Waals surface area contributed by atoms with E-state index in [4.69, 9.17) is 0 Å².